The zero-order valence-electron chi connectivity index (χ0n) is 16.6. The van der Waals surface area contributed by atoms with Gasteiger partial charge in [-0.2, -0.15) is 0 Å². The fraction of sp³-hybridized carbons (Fsp3) is 0.182. The number of tetrazole rings is 1. The molecule has 4 aromatic rings. The molecular weight excluding hydrogens is 398 g/mol. The highest BCUT2D eigenvalue weighted by atomic mass is 32.2. The van der Waals surface area contributed by atoms with Crippen molar-refractivity contribution in [3.05, 3.63) is 89.4 Å². The van der Waals surface area contributed by atoms with Crippen LogP contribution in [-0.2, 0) is 11.3 Å². The number of carbonyl (C=O) groups excluding carboxylic acids is 1. The van der Waals surface area contributed by atoms with Crippen molar-refractivity contribution in [3.8, 4) is 0 Å². The summed E-state index contributed by atoms with van der Waals surface area (Å²) in [6.07, 6.45) is 1.61. The SMILES string of the molecule is Cc1ccc(C)c(NC(=O)C(Sc2nnnn2Cc2ccco2)c2ccccc2)c1. The van der Waals surface area contributed by atoms with Crippen molar-refractivity contribution in [2.75, 3.05) is 5.32 Å². The number of nitrogens with one attached hydrogen (secondary N) is 1. The minimum Gasteiger partial charge on any atom is -0.467 e. The second-order valence-corrected chi connectivity index (χ2v) is 7.99. The smallest absolute Gasteiger partial charge is 0.242 e. The Balaban J connectivity index is 1.61. The first kappa shape index (κ1) is 19.9. The molecule has 1 amide bonds. The molecule has 2 heterocycles. The Bertz CT molecular complexity index is 1130. The fourth-order valence-corrected chi connectivity index (χ4v) is 3.98. The highest BCUT2D eigenvalue weighted by molar-refractivity contribution is 8.00. The number of hydrogen-bond acceptors (Lipinski definition) is 6. The maximum absolute atomic E-state index is 13.3. The average Bonchev–Trinajstić information content (AvgIpc) is 3.42. The first-order chi connectivity index (χ1) is 14.6. The molecule has 30 heavy (non-hydrogen) atoms. The summed E-state index contributed by atoms with van der Waals surface area (Å²) in [5, 5.41) is 15.1. The van der Waals surface area contributed by atoms with E-state index >= 15 is 0 Å². The minimum atomic E-state index is -0.521. The molecule has 1 N–H and O–H groups in total. The van der Waals surface area contributed by atoms with Crippen LogP contribution < -0.4 is 5.32 Å². The third-order valence-electron chi connectivity index (χ3n) is 4.60. The van der Waals surface area contributed by atoms with Gasteiger partial charge in [-0.1, -0.05) is 54.2 Å². The van der Waals surface area contributed by atoms with Gasteiger partial charge in [-0.25, -0.2) is 4.68 Å². The largest absolute Gasteiger partial charge is 0.467 e. The van der Waals surface area contributed by atoms with Gasteiger partial charge >= 0.3 is 0 Å². The molecule has 7 nitrogen and oxygen atoms in total. The van der Waals surface area contributed by atoms with Crippen LogP contribution in [0.15, 0.2) is 76.5 Å². The summed E-state index contributed by atoms with van der Waals surface area (Å²) < 4.78 is 7.03. The molecule has 0 bridgehead atoms. The number of aryl methyl sites for hydroxylation is 2. The summed E-state index contributed by atoms with van der Waals surface area (Å²) in [6, 6.07) is 19.3. The number of furan rings is 1. The molecule has 0 fully saturated rings. The lowest BCUT2D eigenvalue weighted by molar-refractivity contribution is -0.115. The van der Waals surface area contributed by atoms with Crippen LogP contribution in [0.25, 0.3) is 0 Å². The van der Waals surface area contributed by atoms with E-state index in [1.165, 1.54) is 11.8 Å². The Hall–Kier alpha value is -3.39. The van der Waals surface area contributed by atoms with Crippen LogP contribution in [0.1, 0.15) is 27.7 Å². The number of nitrogens with zero attached hydrogens (tertiary/aromatic N) is 4. The summed E-state index contributed by atoms with van der Waals surface area (Å²) in [4.78, 5) is 13.3. The molecule has 0 aliphatic rings. The summed E-state index contributed by atoms with van der Waals surface area (Å²) in [5.74, 6) is 0.604. The van der Waals surface area contributed by atoms with E-state index in [1.807, 2.05) is 74.5 Å². The van der Waals surface area contributed by atoms with E-state index < -0.39 is 5.25 Å². The van der Waals surface area contributed by atoms with Crippen LogP contribution in [-0.4, -0.2) is 26.1 Å². The first-order valence-corrected chi connectivity index (χ1v) is 10.4. The topological polar surface area (TPSA) is 85.8 Å². The summed E-state index contributed by atoms with van der Waals surface area (Å²) in [7, 11) is 0. The molecule has 2 aromatic carbocycles. The Kier molecular flexibility index (Phi) is 5.94. The summed E-state index contributed by atoms with van der Waals surface area (Å²) >= 11 is 1.31. The van der Waals surface area contributed by atoms with Crippen molar-refractivity contribution < 1.29 is 9.21 Å². The number of thioether (sulfide) groups is 1. The Labute approximate surface area is 178 Å². The standard InChI is InChI=1S/C22H21N5O2S/c1-15-10-11-16(2)19(13-15)23-21(28)20(17-7-4-3-5-8-17)30-22-24-25-26-27(22)14-18-9-6-12-29-18/h3-13,20H,14H2,1-2H3,(H,23,28). The third-order valence-corrected chi connectivity index (χ3v) is 5.82. The van der Waals surface area contributed by atoms with Crippen LogP contribution in [0.3, 0.4) is 0 Å². The molecule has 1 atom stereocenters. The van der Waals surface area contributed by atoms with E-state index in [9.17, 15) is 4.79 Å². The molecule has 4 rings (SSSR count). The number of hydrogen-bond donors (Lipinski definition) is 1. The van der Waals surface area contributed by atoms with Gasteiger partial charge in [0.05, 0.1) is 6.26 Å². The maximum atomic E-state index is 13.3. The molecule has 0 saturated heterocycles. The summed E-state index contributed by atoms with van der Waals surface area (Å²) in [5.41, 5.74) is 3.77. The second kappa shape index (κ2) is 8.96. The minimum absolute atomic E-state index is 0.132. The predicted octanol–water partition coefficient (Wildman–Crippen LogP) is 4.40. The Morgan fingerprint density at radius 1 is 1.13 bits per heavy atom. The lowest BCUT2D eigenvalue weighted by atomic mass is 10.1. The first-order valence-electron chi connectivity index (χ1n) is 9.48. The quantitative estimate of drug-likeness (QED) is 0.447. The number of anilines is 1. The van der Waals surface area contributed by atoms with E-state index in [4.69, 9.17) is 4.42 Å². The predicted molar refractivity (Wildman–Crippen MR) is 115 cm³/mol. The van der Waals surface area contributed by atoms with E-state index in [0.29, 0.717) is 11.7 Å². The zero-order chi connectivity index (χ0) is 20.9. The highest BCUT2D eigenvalue weighted by Gasteiger charge is 2.25. The van der Waals surface area contributed by atoms with Crippen molar-refractivity contribution >= 4 is 23.4 Å². The van der Waals surface area contributed by atoms with Gasteiger partial charge < -0.3 is 9.73 Å². The monoisotopic (exact) mass is 419 g/mol. The van der Waals surface area contributed by atoms with E-state index in [1.54, 1.807) is 10.9 Å². The molecule has 152 valence electrons. The number of carbonyl (C=O) groups is 1. The lowest BCUT2D eigenvalue weighted by Crippen LogP contribution is -2.20. The molecule has 8 heteroatoms. The molecule has 1 unspecified atom stereocenters. The molecule has 0 aliphatic carbocycles. The Morgan fingerprint density at radius 2 is 1.97 bits per heavy atom. The second-order valence-electron chi connectivity index (χ2n) is 6.91. The van der Waals surface area contributed by atoms with Crippen molar-refractivity contribution in [2.45, 2.75) is 30.8 Å². The van der Waals surface area contributed by atoms with Gasteiger partial charge in [0.1, 0.15) is 17.6 Å². The third kappa shape index (κ3) is 4.60. The molecule has 0 saturated carbocycles. The van der Waals surface area contributed by atoms with Gasteiger partial charge in [0.2, 0.25) is 11.1 Å². The van der Waals surface area contributed by atoms with Crippen molar-refractivity contribution in [2.24, 2.45) is 0 Å². The van der Waals surface area contributed by atoms with Crippen molar-refractivity contribution in [3.63, 3.8) is 0 Å². The van der Waals surface area contributed by atoms with Crippen LogP contribution in [0.5, 0.6) is 0 Å². The molecular formula is C22H21N5O2S. The number of aromatic nitrogens is 4. The van der Waals surface area contributed by atoms with Gasteiger partial charge in [0.15, 0.2) is 0 Å². The van der Waals surface area contributed by atoms with E-state index in [-0.39, 0.29) is 5.91 Å². The number of benzene rings is 2. The number of amides is 1. The van der Waals surface area contributed by atoms with Crippen LogP contribution in [0.4, 0.5) is 5.69 Å². The zero-order valence-corrected chi connectivity index (χ0v) is 17.5. The van der Waals surface area contributed by atoms with Gasteiger partial charge in [-0.15, -0.1) is 5.10 Å². The molecule has 0 spiro atoms. The van der Waals surface area contributed by atoms with Gasteiger partial charge in [-0.05, 0) is 59.2 Å². The van der Waals surface area contributed by atoms with Crippen molar-refractivity contribution in [1.82, 2.24) is 20.2 Å². The molecule has 2 aromatic heterocycles. The highest BCUT2D eigenvalue weighted by Crippen LogP contribution is 2.35. The number of rotatable bonds is 7. The summed E-state index contributed by atoms with van der Waals surface area (Å²) in [6.45, 7) is 4.37. The van der Waals surface area contributed by atoms with Crippen molar-refractivity contribution in [1.29, 1.82) is 0 Å². The molecule has 0 aliphatic heterocycles. The normalized spacial score (nSPS) is 11.9. The average molecular weight is 420 g/mol. The van der Waals surface area contributed by atoms with Gasteiger partial charge in [-0.3, -0.25) is 4.79 Å². The van der Waals surface area contributed by atoms with Gasteiger partial charge in [0.25, 0.3) is 0 Å². The van der Waals surface area contributed by atoms with Gasteiger partial charge in [0, 0.05) is 5.69 Å². The lowest BCUT2D eigenvalue weighted by Gasteiger charge is -2.17. The fourth-order valence-electron chi connectivity index (χ4n) is 3.01. The van der Waals surface area contributed by atoms with Crippen LogP contribution in [0.2, 0.25) is 0 Å². The Morgan fingerprint density at radius 3 is 2.73 bits per heavy atom. The van der Waals surface area contributed by atoms with Crippen LogP contribution in [0, 0.1) is 13.8 Å². The maximum Gasteiger partial charge on any atom is 0.242 e. The molecule has 0 radical (unpaired) electrons. The van der Waals surface area contributed by atoms with Crippen LogP contribution >= 0.6 is 11.8 Å². The van der Waals surface area contributed by atoms with E-state index in [2.05, 4.69) is 20.8 Å². The van der Waals surface area contributed by atoms with E-state index in [0.717, 1.165) is 28.1 Å².